The molecule has 70 valence electrons. The summed E-state index contributed by atoms with van der Waals surface area (Å²) in [6.07, 6.45) is 0. The van der Waals surface area contributed by atoms with Crippen molar-refractivity contribution < 1.29 is 0 Å². The smallest absolute Gasteiger partial charge is 0.156 e. The second-order valence-electron chi connectivity index (χ2n) is 3.34. The molecular weight excluding hydrogens is 170 g/mol. The Hall–Kier alpha value is -0.220. The van der Waals surface area contributed by atoms with Crippen LogP contribution < -0.4 is 5.32 Å². The van der Waals surface area contributed by atoms with E-state index >= 15 is 0 Å². The van der Waals surface area contributed by atoms with Crippen LogP contribution in [0.1, 0.15) is 6.92 Å². The summed E-state index contributed by atoms with van der Waals surface area (Å²) in [7, 11) is 4.17. The van der Waals surface area contributed by atoms with Crippen molar-refractivity contribution in [3.05, 3.63) is 0 Å². The summed E-state index contributed by atoms with van der Waals surface area (Å²) in [5.41, 5.74) is 0. The lowest BCUT2D eigenvalue weighted by Gasteiger charge is -2.18. The van der Waals surface area contributed by atoms with Crippen LogP contribution in [0, 0.1) is 0 Å². The predicted molar refractivity (Wildman–Crippen MR) is 55.9 cm³/mol. The van der Waals surface area contributed by atoms with E-state index in [1.165, 1.54) is 0 Å². The number of aliphatic imine (C=N–C) groups is 1. The third-order valence-electron chi connectivity index (χ3n) is 1.59. The number of likely N-dealkylation sites (N-methyl/N-ethyl adjacent to an activating group) is 1. The molecule has 0 aromatic rings. The number of rotatable bonds is 3. The van der Waals surface area contributed by atoms with E-state index in [1.54, 1.807) is 0 Å². The summed E-state index contributed by atoms with van der Waals surface area (Å²) in [6.45, 7) is 4.21. The molecule has 3 nitrogen and oxygen atoms in total. The van der Waals surface area contributed by atoms with E-state index in [2.05, 4.69) is 36.2 Å². The largest absolute Gasteiger partial charge is 0.361 e. The third-order valence-corrected chi connectivity index (χ3v) is 2.50. The lowest BCUT2D eigenvalue weighted by Crippen LogP contribution is -2.37. The fourth-order valence-corrected chi connectivity index (χ4v) is 2.07. The molecule has 0 aromatic heterocycles. The molecule has 12 heavy (non-hydrogen) atoms. The summed E-state index contributed by atoms with van der Waals surface area (Å²) in [6, 6.07) is 0.490. The van der Waals surface area contributed by atoms with E-state index < -0.39 is 0 Å². The Morgan fingerprint density at radius 1 is 1.67 bits per heavy atom. The number of nitrogens with one attached hydrogen (secondary N) is 1. The molecule has 1 aliphatic rings. The number of amidine groups is 1. The van der Waals surface area contributed by atoms with Gasteiger partial charge in [0.2, 0.25) is 0 Å². The van der Waals surface area contributed by atoms with Gasteiger partial charge in [-0.15, -0.1) is 0 Å². The van der Waals surface area contributed by atoms with Gasteiger partial charge in [0.1, 0.15) is 0 Å². The number of thioether (sulfide) groups is 1. The Labute approximate surface area is 78.6 Å². The molecule has 1 unspecified atom stereocenters. The quantitative estimate of drug-likeness (QED) is 0.702. The molecule has 0 amide bonds. The van der Waals surface area contributed by atoms with Gasteiger partial charge in [-0.2, -0.15) is 0 Å². The number of hydrogen-bond donors (Lipinski definition) is 1. The van der Waals surface area contributed by atoms with E-state index in [1.807, 2.05) is 11.8 Å². The van der Waals surface area contributed by atoms with Gasteiger partial charge in [0, 0.05) is 18.3 Å². The molecule has 1 heterocycles. The van der Waals surface area contributed by atoms with Crippen LogP contribution in [0.3, 0.4) is 0 Å². The molecule has 0 radical (unpaired) electrons. The number of hydrogen-bond acceptors (Lipinski definition) is 4. The molecule has 1 atom stereocenters. The van der Waals surface area contributed by atoms with Crippen LogP contribution in [0.25, 0.3) is 0 Å². The second-order valence-corrected chi connectivity index (χ2v) is 4.43. The predicted octanol–water partition coefficient (Wildman–Crippen LogP) is 0.629. The van der Waals surface area contributed by atoms with Gasteiger partial charge in [-0.3, -0.25) is 4.99 Å². The average molecular weight is 187 g/mol. The zero-order valence-electron chi connectivity index (χ0n) is 8.00. The maximum Gasteiger partial charge on any atom is 0.156 e. The monoisotopic (exact) mass is 187 g/mol. The van der Waals surface area contributed by atoms with Crippen molar-refractivity contribution in [3.8, 4) is 0 Å². The molecule has 1 aliphatic heterocycles. The summed E-state index contributed by atoms with van der Waals surface area (Å²) in [5.74, 6) is 1.14. The minimum atomic E-state index is 0.490. The summed E-state index contributed by atoms with van der Waals surface area (Å²) >= 11 is 1.82. The fourth-order valence-electron chi connectivity index (χ4n) is 1.23. The minimum Gasteiger partial charge on any atom is -0.361 e. The SMILES string of the molecule is CC(CN(C)C)NC1=NCCS1. The fraction of sp³-hybridized carbons (Fsp3) is 0.875. The topological polar surface area (TPSA) is 27.6 Å². The van der Waals surface area contributed by atoms with Crippen molar-refractivity contribution in [1.29, 1.82) is 0 Å². The maximum absolute atomic E-state index is 4.33. The Morgan fingerprint density at radius 3 is 2.92 bits per heavy atom. The van der Waals surface area contributed by atoms with E-state index in [4.69, 9.17) is 0 Å². The highest BCUT2D eigenvalue weighted by Gasteiger charge is 2.10. The highest BCUT2D eigenvalue weighted by Crippen LogP contribution is 2.09. The highest BCUT2D eigenvalue weighted by molar-refractivity contribution is 8.14. The Balaban J connectivity index is 2.21. The van der Waals surface area contributed by atoms with E-state index in [9.17, 15) is 0 Å². The molecule has 1 N–H and O–H groups in total. The molecule has 4 heteroatoms. The maximum atomic E-state index is 4.33. The van der Waals surface area contributed by atoms with Gasteiger partial charge in [-0.05, 0) is 21.0 Å². The first-order valence-corrected chi connectivity index (χ1v) is 5.25. The summed E-state index contributed by atoms with van der Waals surface area (Å²) in [4.78, 5) is 6.51. The standard InChI is InChI=1S/C8H17N3S/c1-7(6-11(2)3)10-8-9-4-5-12-8/h7H,4-6H2,1-3H3,(H,9,10). The summed E-state index contributed by atoms with van der Waals surface area (Å²) < 4.78 is 0. The molecule has 0 spiro atoms. The van der Waals surface area contributed by atoms with Gasteiger partial charge in [0.05, 0.1) is 6.54 Å². The van der Waals surface area contributed by atoms with Crippen molar-refractivity contribution in [3.63, 3.8) is 0 Å². The van der Waals surface area contributed by atoms with Gasteiger partial charge in [-0.1, -0.05) is 11.8 Å². The average Bonchev–Trinajstić information content (AvgIpc) is 2.37. The molecular formula is C8H17N3S. The van der Waals surface area contributed by atoms with Crippen molar-refractivity contribution in [2.24, 2.45) is 4.99 Å². The molecule has 0 saturated heterocycles. The Kier molecular flexibility index (Phi) is 3.88. The van der Waals surface area contributed by atoms with Gasteiger partial charge in [0.15, 0.2) is 5.17 Å². The van der Waals surface area contributed by atoms with Crippen molar-refractivity contribution in [2.75, 3.05) is 32.9 Å². The zero-order chi connectivity index (χ0) is 8.97. The molecule has 0 fully saturated rings. The first kappa shape index (κ1) is 9.86. The molecule has 1 rings (SSSR count). The van der Waals surface area contributed by atoms with Crippen LogP contribution in [0.2, 0.25) is 0 Å². The first-order valence-electron chi connectivity index (χ1n) is 4.27. The molecule has 0 bridgehead atoms. The van der Waals surface area contributed by atoms with E-state index in [0.717, 1.165) is 24.0 Å². The Morgan fingerprint density at radius 2 is 2.42 bits per heavy atom. The van der Waals surface area contributed by atoms with Crippen LogP contribution in [0.5, 0.6) is 0 Å². The third kappa shape index (κ3) is 3.45. The van der Waals surface area contributed by atoms with Crippen LogP contribution in [-0.2, 0) is 0 Å². The van der Waals surface area contributed by atoms with Crippen molar-refractivity contribution in [1.82, 2.24) is 10.2 Å². The number of nitrogens with zero attached hydrogens (tertiary/aromatic N) is 2. The van der Waals surface area contributed by atoms with Crippen LogP contribution in [0.15, 0.2) is 4.99 Å². The zero-order valence-corrected chi connectivity index (χ0v) is 8.82. The van der Waals surface area contributed by atoms with Crippen molar-refractivity contribution >= 4 is 16.9 Å². The highest BCUT2D eigenvalue weighted by atomic mass is 32.2. The second kappa shape index (κ2) is 4.72. The van der Waals surface area contributed by atoms with Crippen molar-refractivity contribution in [2.45, 2.75) is 13.0 Å². The lowest BCUT2D eigenvalue weighted by molar-refractivity contribution is 0.370. The van der Waals surface area contributed by atoms with Crippen LogP contribution in [0.4, 0.5) is 0 Å². The lowest BCUT2D eigenvalue weighted by atomic mass is 10.3. The van der Waals surface area contributed by atoms with E-state index in [-0.39, 0.29) is 0 Å². The van der Waals surface area contributed by atoms with Gasteiger partial charge in [-0.25, -0.2) is 0 Å². The molecule has 0 saturated carbocycles. The molecule has 0 aliphatic carbocycles. The normalized spacial score (nSPS) is 19.5. The van der Waals surface area contributed by atoms with Gasteiger partial charge >= 0.3 is 0 Å². The first-order chi connectivity index (χ1) is 5.68. The van der Waals surface area contributed by atoms with Crippen LogP contribution in [-0.4, -0.2) is 49.0 Å². The van der Waals surface area contributed by atoms with Crippen LogP contribution >= 0.6 is 11.8 Å². The minimum absolute atomic E-state index is 0.490. The Bertz CT molecular complexity index is 168. The van der Waals surface area contributed by atoms with Gasteiger partial charge < -0.3 is 10.2 Å². The van der Waals surface area contributed by atoms with E-state index in [0.29, 0.717) is 6.04 Å². The summed E-state index contributed by atoms with van der Waals surface area (Å²) in [5, 5.41) is 4.50. The van der Waals surface area contributed by atoms with Gasteiger partial charge in [0.25, 0.3) is 0 Å². The molecule has 0 aromatic carbocycles.